The van der Waals surface area contributed by atoms with E-state index < -0.39 is 0 Å². The molecule has 0 saturated heterocycles. The van der Waals surface area contributed by atoms with Gasteiger partial charge < -0.3 is 0 Å². The van der Waals surface area contributed by atoms with E-state index in [2.05, 4.69) is 9.98 Å². The minimum atomic E-state index is 0.402. The first kappa shape index (κ1) is 16.2. The van der Waals surface area contributed by atoms with E-state index in [9.17, 15) is 9.59 Å². The van der Waals surface area contributed by atoms with Crippen molar-refractivity contribution in [2.24, 2.45) is 9.98 Å². The molecule has 0 bridgehead atoms. The normalized spacial score (nSPS) is 9.77. The summed E-state index contributed by atoms with van der Waals surface area (Å²) in [5.41, 5.74) is 3.02. The van der Waals surface area contributed by atoms with E-state index in [0.29, 0.717) is 33.4 Å². The summed E-state index contributed by atoms with van der Waals surface area (Å²) in [6, 6.07) is 8.62. The molecule has 110 valence electrons. The van der Waals surface area contributed by atoms with Gasteiger partial charge in [-0.25, -0.2) is 9.59 Å². The molecular formula is C16H10Cl2N2O2. The van der Waals surface area contributed by atoms with Gasteiger partial charge in [-0.2, -0.15) is 9.98 Å². The summed E-state index contributed by atoms with van der Waals surface area (Å²) in [4.78, 5) is 28.3. The van der Waals surface area contributed by atoms with Crippen molar-refractivity contribution in [3.63, 3.8) is 0 Å². The molecule has 2 rings (SSSR count). The summed E-state index contributed by atoms with van der Waals surface area (Å²) in [5.74, 6) is 0. The maximum Gasteiger partial charge on any atom is 0.240 e. The summed E-state index contributed by atoms with van der Waals surface area (Å²) >= 11 is 12.1. The molecule has 0 fully saturated rings. The van der Waals surface area contributed by atoms with Gasteiger partial charge in [-0.1, -0.05) is 23.2 Å². The van der Waals surface area contributed by atoms with Crippen LogP contribution in [0.3, 0.4) is 0 Å². The van der Waals surface area contributed by atoms with Crippen LogP contribution in [0.5, 0.6) is 0 Å². The second kappa shape index (κ2) is 7.17. The summed E-state index contributed by atoms with van der Waals surface area (Å²) in [6.07, 6.45) is 3.45. The molecule has 0 N–H and O–H groups in total. The first-order chi connectivity index (χ1) is 10.5. The number of benzene rings is 2. The molecule has 0 atom stereocenters. The van der Waals surface area contributed by atoms with Gasteiger partial charge in [0.15, 0.2) is 0 Å². The third kappa shape index (κ3) is 3.70. The highest BCUT2D eigenvalue weighted by atomic mass is 35.5. The SMILES string of the molecule is Cc1c(N=C=O)cc(Cc2cc(Cl)ccc2Cl)cc1N=C=O. The standard InChI is InChI=1S/C16H10Cl2N2O2/c1-10-15(19-8-21)5-11(6-16(10)20-9-22)4-12-7-13(17)2-3-14(12)18/h2-3,5-7H,4H2,1H3. The molecule has 0 aromatic heterocycles. The molecule has 2 aromatic carbocycles. The molecule has 0 radical (unpaired) electrons. The third-order valence-electron chi connectivity index (χ3n) is 3.15. The molecule has 0 aliphatic carbocycles. The average molecular weight is 333 g/mol. The number of hydrogen-bond acceptors (Lipinski definition) is 4. The van der Waals surface area contributed by atoms with Crippen molar-refractivity contribution in [1.29, 1.82) is 0 Å². The highest BCUT2D eigenvalue weighted by Gasteiger charge is 2.09. The van der Waals surface area contributed by atoms with Gasteiger partial charge in [0.25, 0.3) is 0 Å². The molecule has 0 unspecified atom stereocenters. The molecule has 0 aliphatic rings. The average Bonchev–Trinajstić information content (AvgIpc) is 2.48. The summed E-state index contributed by atoms with van der Waals surface area (Å²) in [6.45, 7) is 1.71. The van der Waals surface area contributed by atoms with Crippen molar-refractivity contribution in [3.8, 4) is 0 Å². The predicted octanol–water partition coefficient (Wildman–Crippen LogP) is 4.83. The zero-order chi connectivity index (χ0) is 16.1. The minimum absolute atomic E-state index is 0.402. The van der Waals surface area contributed by atoms with Crippen LogP contribution >= 0.6 is 23.2 Å². The van der Waals surface area contributed by atoms with E-state index in [1.54, 1.807) is 37.3 Å². The van der Waals surface area contributed by atoms with E-state index in [1.807, 2.05) is 0 Å². The van der Waals surface area contributed by atoms with Gasteiger partial charge in [-0.05, 0) is 54.8 Å². The van der Waals surface area contributed by atoms with Crippen LogP contribution in [0, 0.1) is 6.92 Å². The fraction of sp³-hybridized carbons (Fsp3) is 0.125. The minimum Gasteiger partial charge on any atom is -0.211 e. The van der Waals surface area contributed by atoms with Crippen molar-refractivity contribution in [2.45, 2.75) is 13.3 Å². The largest absolute Gasteiger partial charge is 0.240 e. The lowest BCUT2D eigenvalue weighted by Gasteiger charge is -2.09. The Bertz CT molecular complexity index is 782. The Kier molecular flexibility index (Phi) is 5.26. The molecule has 0 heterocycles. The van der Waals surface area contributed by atoms with Gasteiger partial charge in [0, 0.05) is 15.6 Å². The van der Waals surface area contributed by atoms with Gasteiger partial charge in [0.05, 0.1) is 11.4 Å². The van der Waals surface area contributed by atoms with Gasteiger partial charge in [0.1, 0.15) is 0 Å². The van der Waals surface area contributed by atoms with Crippen LogP contribution in [0.2, 0.25) is 10.0 Å². The van der Waals surface area contributed by atoms with Crippen molar-refractivity contribution in [3.05, 3.63) is 57.1 Å². The molecule has 4 nitrogen and oxygen atoms in total. The number of isocyanates is 2. The summed E-state index contributed by atoms with van der Waals surface area (Å²) in [7, 11) is 0. The highest BCUT2D eigenvalue weighted by Crippen LogP contribution is 2.32. The smallest absolute Gasteiger partial charge is 0.211 e. The van der Waals surface area contributed by atoms with Crippen molar-refractivity contribution in [2.75, 3.05) is 0 Å². The van der Waals surface area contributed by atoms with Crippen LogP contribution in [0.4, 0.5) is 11.4 Å². The number of aliphatic imine (C=N–C) groups is 2. The predicted molar refractivity (Wildman–Crippen MR) is 86.0 cm³/mol. The first-order valence-corrected chi connectivity index (χ1v) is 7.04. The van der Waals surface area contributed by atoms with Crippen molar-refractivity contribution < 1.29 is 9.59 Å². The molecule has 0 aliphatic heterocycles. The second-order valence-electron chi connectivity index (χ2n) is 4.58. The fourth-order valence-electron chi connectivity index (χ4n) is 2.07. The molecule has 22 heavy (non-hydrogen) atoms. The topological polar surface area (TPSA) is 58.9 Å². The molecule has 0 amide bonds. The Hall–Kier alpha value is -2.22. The summed E-state index contributed by atoms with van der Waals surface area (Å²) in [5, 5.41) is 1.15. The van der Waals surface area contributed by atoms with Gasteiger partial charge in [0.2, 0.25) is 12.2 Å². The molecular weight excluding hydrogens is 323 g/mol. The maximum atomic E-state index is 10.5. The van der Waals surface area contributed by atoms with Crippen LogP contribution in [0.15, 0.2) is 40.3 Å². The van der Waals surface area contributed by atoms with E-state index in [4.69, 9.17) is 23.2 Å². The van der Waals surface area contributed by atoms with Crippen molar-refractivity contribution >= 4 is 46.7 Å². The van der Waals surface area contributed by atoms with Gasteiger partial charge in [-0.15, -0.1) is 0 Å². The van der Waals surface area contributed by atoms with E-state index in [0.717, 1.165) is 11.1 Å². The van der Waals surface area contributed by atoms with Crippen molar-refractivity contribution in [1.82, 2.24) is 0 Å². The van der Waals surface area contributed by atoms with E-state index >= 15 is 0 Å². The zero-order valence-corrected chi connectivity index (χ0v) is 13.1. The Labute approximate surface area is 137 Å². The number of carbonyl (C=O) groups excluding carboxylic acids is 2. The first-order valence-electron chi connectivity index (χ1n) is 6.28. The van der Waals surface area contributed by atoms with Crippen LogP contribution < -0.4 is 0 Å². The zero-order valence-electron chi connectivity index (χ0n) is 11.6. The molecule has 0 saturated carbocycles. The monoisotopic (exact) mass is 332 g/mol. The van der Waals surface area contributed by atoms with Crippen LogP contribution in [0.1, 0.15) is 16.7 Å². The van der Waals surface area contributed by atoms with Crippen LogP contribution in [0.25, 0.3) is 0 Å². The number of nitrogens with zero attached hydrogens (tertiary/aromatic N) is 2. The number of rotatable bonds is 4. The highest BCUT2D eigenvalue weighted by molar-refractivity contribution is 6.33. The number of hydrogen-bond donors (Lipinski definition) is 0. The lowest BCUT2D eigenvalue weighted by Crippen LogP contribution is -1.91. The Morgan fingerprint density at radius 2 is 1.59 bits per heavy atom. The molecule has 6 heteroatoms. The molecule has 2 aromatic rings. The lowest BCUT2D eigenvalue weighted by molar-refractivity contribution is 0.565. The fourth-order valence-corrected chi connectivity index (χ4v) is 2.45. The summed E-state index contributed by atoms with van der Waals surface area (Å²) < 4.78 is 0. The quantitative estimate of drug-likeness (QED) is 0.594. The number of halogens is 2. The lowest BCUT2D eigenvalue weighted by atomic mass is 10.0. The van der Waals surface area contributed by atoms with Gasteiger partial charge in [-0.3, -0.25) is 0 Å². The maximum absolute atomic E-state index is 10.5. The van der Waals surface area contributed by atoms with Crippen LogP contribution in [-0.2, 0) is 16.0 Å². The van der Waals surface area contributed by atoms with E-state index in [1.165, 1.54) is 12.2 Å². The molecule has 0 spiro atoms. The second-order valence-corrected chi connectivity index (χ2v) is 5.42. The van der Waals surface area contributed by atoms with Crippen LogP contribution in [-0.4, -0.2) is 12.2 Å². The Morgan fingerprint density at radius 3 is 2.14 bits per heavy atom. The van der Waals surface area contributed by atoms with Gasteiger partial charge >= 0.3 is 0 Å². The Morgan fingerprint density at radius 1 is 1.00 bits per heavy atom. The van der Waals surface area contributed by atoms with E-state index in [-0.39, 0.29) is 0 Å². The Balaban J connectivity index is 2.53. The third-order valence-corrected chi connectivity index (χ3v) is 3.75.